The molecular formula is C41H27N2OP. The number of rotatable bonds is 4. The fourth-order valence-electron chi connectivity index (χ4n) is 6.90. The Kier molecular flexibility index (Phi) is 5.78. The van der Waals surface area contributed by atoms with Crippen molar-refractivity contribution in [3.63, 3.8) is 0 Å². The van der Waals surface area contributed by atoms with Crippen molar-refractivity contribution < 1.29 is 4.57 Å². The Morgan fingerprint density at radius 3 is 1.84 bits per heavy atom. The summed E-state index contributed by atoms with van der Waals surface area (Å²) in [5.41, 5.74) is 6.29. The van der Waals surface area contributed by atoms with Gasteiger partial charge in [0.05, 0.1) is 16.6 Å². The van der Waals surface area contributed by atoms with Gasteiger partial charge in [-0.3, -0.25) is 4.40 Å². The van der Waals surface area contributed by atoms with Crippen molar-refractivity contribution in [3.05, 3.63) is 164 Å². The van der Waals surface area contributed by atoms with Gasteiger partial charge in [-0.15, -0.1) is 0 Å². The van der Waals surface area contributed by atoms with Gasteiger partial charge in [0, 0.05) is 26.7 Å². The predicted octanol–water partition coefficient (Wildman–Crippen LogP) is 9.25. The van der Waals surface area contributed by atoms with Crippen molar-refractivity contribution in [1.82, 2.24) is 9.38 Å². The highest BCUT2D eigenvalue weighted by Gasteiger charge is 2.31. The number of pyridine rings is 1. The van der Waals surface area contributed by atoms with E-state index in [1.54, 1.807) is 0 Å². The molecule has 0 saturated heterocycles. The molecule has 0 fully saturated rings. The minimum absolute atomic E-state index is 0.834. The van der Waals surface area contributed by atoms with Gasteiger partial charge in [-0.1, -0.05) is 140 Å². The molecule has 0 aliphatic heterocycles. The molecule has 0 N–H and O–H groups in total. The maximum atomic E-state index is 15.4. The van der Waals surface area contributed by atoms with Gasteiger partial charge in [0.1, 0.15) is 5.65 Å². The maximum Gasteiger partial charge on any atom is 0.171 e. The van der Waals surface area contributed by atoms with Crippen molar-refractivity contribution in [1.29, 1.82) is 0 Å². The topological polar surface area (TPSA) is 34.4 Å². The third-order valence-corrected chi connectivity index (χ3v) is 12.1. The van der Waals surface area contributed by atoms with Crippen LogP contribution in [-0.4, -0.2) is 9.38 Å². The Hall–Kier alpha value is -5.50. The fourth-order valence-corrected chi connectivity index (χ4v) is 9.77. The molecule has 0 unspecified atom stereocenters. The molecule has 0 amide bonds. The van der Waals surface area contributed by atoms with E-state index in [1.807, 2.05) is 72.8 Å². The van der Waals surface area contributed by atoms with E-state index >= 15 is 4.57 Å². The van der Waals surface area contributed by atoms with Gasteiger partial charge in [0.25, 0.3) is 0 Å². The highest BCUT2D eigenvalue weighted by Crippen LogP contribution is 2.45. The van der Waals surface area contributed by atoms with E-state index in [0.717, 1.165) is 65.4 Å². The summed E-state index contributed by atoms with van der Waals surface area (Å²) in [4.78, 5) is 5.12. The first-order valence-corrected chi connectivity index (χ1v) is 16.9. The third-order valence-electron chi connectivity index (χ3n) is 9.03. The molecule has 0 aliphatic rings. The Bertz CT molecular complexity index is 2580. The number of hydrogen-bond donors (Lipinski definition) is 0. The molecule has 0 atom stereocenters. The second kappa shape index (κ2) is 10.0. The van der Waals surface area contributed by atoms with Crippen LogP contribution in [0.4, 0.5) is 0 Å². The molecular weight excluding hydrogens is 567 g/mol. The van der Waals surface area contributed by atoms with Gasteiger partial charge < -0.3 is 4.57 Å². The molecule has 2 heterocycles. The molecule has 212 valence electrons. The monoisotopic (exact) mass is 594 g/mol. The van der Waals surface area contributed by atoms with Crippen molar-refractivity contribution in [2.24, 2.45) is 0 Å². The number of hydrogen-bond acceptors (Lipinski definition) is 2. The minimum atomic E-state index is -3.16. The van der Waals surface area contributed by atoms with E-state index < -0.39 is 7.14 Å². The van der Waals surface area contributed by atoms with Crippen molar-refractivity contribution >= 4 is 72.2 Å². The van der Waals surface area contributed by atoms with Crippen LogP contribution in [0.5, 0.6) is 0 Å². The molecule has 7 aromatic carbocycles. The summed E-state index contributed by atoms with van der Waals surface area (Å²) in [5, 5.41) is 8.14. The second-order valence-corrected chi connectivity index (χ2v) is 14.3. The van der Waals surface area contributed by atoms with Crippen LogP contribution in [0, 0.1) is 0 Å². The van der Waals surface area contributed by atoms with Crippen LogP contribution in [0.2, 0.25) is 0 Å². The lowest BCUT2D eigenvalue weighted by Gasteiger charge is -2.22. The normalized spacial score (nSPS) is 12.1. The zero-order chi connectivity index (χ0) is 30.0. The first-order chi connectivity index (χ1) is 22.2. The van der Waals surface area contributed by atoms with Crippen LogP contribution in [0.1, 0.15) is 0 Å². The van der Waals surface area contributed by atoms with E-state index in [0.29, 0.717) is 0 Å². The lowest BCUT2D eigenvalue weighted by Crippen LogP contribution is -2.25. The van der Waals surface area contributed by atoms with Crippen LogP contribution in [0.3, 0.4) is 0 Å². The SMILES string of the molecule is O=P(c1ccccc1)(c1ccccc1)c1cccc2ccc(-c3ccc4nc5c6ccccc6c6ccccc6n5c4c3)cc12. The molecule has 0 bridgehead atoms. The molecule has 3 nitrogen and oxygen atoms in total. The van der Waals surface area contributed by atoms with Crippen LogP contribution >= 0.6 is 7.14 Å². The summed E-state index contributed by atoms with van der Waals surface area (Å²) < 4.78 is 17.7. The number of imidazole rings is 1. The summed E-state index contributed by atoms with van der Waals surface area (Å²) in [6, 6.07) is 56.1. The number of aromatic nitrogens is 2. The maximum absolute atomic E-state index is 15.4. The summed E-state index contributed by atoms with van der Waals surface area (Å²) in [5.74, 6) is 0. The van der Waals surface area contributed by atoms with Crippen molar-refractivity contribution in [3.8, 4) is 11.1 Å². The van der Waals surface area contributed by atoms with Crippen LogP contribution in [0.15, 0.2) is 164 Å². The quantitative estimate of drug-likeness (QED) is 0.150. The average Bonchev–Trinajstić information content (AvgIpc) is 3.51. The first kappa shape index (κ1) is 25.9. The van der Waals surface area contributed by atoms with Gasteiger partial charge >= 0.3 is 0 Å². The van der Waals surface area contributed by atoms with Crippen LogP contribution in [0.25, 0.3) is 60.3 Å². The zero-order valence-corrected chi connectivity index (χ0v) is 25.2. The summed E-state index contributed by atoms with van der Waals surface area (Å²) in [6.07, 6.45) is 0. The van der Waals surface area contributed by atoms with Gasteiger partial charge in [0.15, 0.2) is 7.14 Å². The van der Waals surface area contributed by atoms with Crippen molar-refractivity contribution in [2.45, 2.75) is 0 Å². The standard InChI is InChI=1S/C41H27N2OP/c44-45(31-13-3-1-4-14-31,32-15-5-2-6-16-32)40-21-11-12-28-22-23-29(26-36(28)40)30-24-25-37-39(27-30)43-38-20-10-9-18-34(38)33-17-7-8-19-35(33)41(43)42-37/h1-27H. The highest BCUT2D eigenvalue weighted by atomic mass is 31.2. The van der Waals surface area contributed by atoms with Gasteiger partial charge in [-0.25, -0.2) is 4.98 Å². The van der Waals surface area contributed by atoms with Gasteiger partial charge in [0.2, 0.25) is 0 Å². The van der Waals surface area contributed by atoms with Crippen LogP contribution in [-0.2, 0) is 4.57 Å². The molecule has 0 spiro atoms. The van der Waals surface area contributed by atoms with E-state index in [4.69, 9.17) is 4.98 Å². The van der Waals surface area contributed by atoms with Gasteiger partial charge in [-0.05, 0) is 51.6 Å². The Labute approximate surface area is 260 Å². The molecule has 9 aromatic rings. The number of nitrogens with zero attached hydrogens (tertiary/aromatic N) is 2. The first-order valence-electron chi connectivity index (χ1n) is 15.2. The third kappa shape index (κ3) is 3.91. The molecule has 45 heavy (non-hydrogen) atoms. The smallest absolute Gasteiger partial charge is 0.171 e. The molecule has 0 saturated carbocycles. The van der Waals surface area contributed by atoms with Crippen molar-refractivity contribution in [2.75, 3.05) is 0 Å². The lowest BCUT2D eigenvalue weighted by molar-refractivity contribution is 0.592. The van der Waals surface area contributed by atoms with E-state index in [-0.39, 0.29) is 0 Å². The number of benzene rings is 7. The predicted molar refractivity (Wildman–Crippen MR) is 190 cm³/mol. The number of para-hydroxylation sites is 1. The Balaban J connectivity index is 1.29. The van der Waals surface area contributed by atoms with E-state index in [9.17, 15) is 0 Å². The number of fused-ring (bicyclic) bond motifs is 9. The molecule has 4 heteroatoms. The summed E-state index contributed by atoms with van der Waals surface area (Å²) >= 11 is 0. The second-order valence-electron chi connectivity index (χ2n) is 11.5. The summed E-state index contributed by atoms with van der Waals surface area (Å²) in [6.45, 7) is 0. The largest absolute Gasteiger partial charge is 0.309 e. The minimum Gasteiger partial charge on any atom is -0.309 e. The fraction of sp³-hybridized carbons (Fsp3) is 0. The Morgan fingerprint density at radius 1 is 0.467 bits per heavy atom. The zero-order valence-electron chi connectivity index (χ0n) is 24.3. The summed E-state index contributed by atoms with van der Waals surface area (Å²) in [7, 11) is -3.16. The highest BCUT2D eigenvalue weighted by molar-refractivity contribution is 7.85. The van der Waals surface area contributed by atoms with E-state index in [1.165, 1.54) is 10.8 Å². The molecule has 2 aromatic heterocycles. The van der Waals surface area contributed by atoms with Crippen LogP contribution < -0.4 is 15.9 Å². The Morgan fingerprint density at radius 2 is 1.09 bits per heavy atom. The molecule has 9 rings (SSSR count). The van der Waals surface area contributed by atoms with E-state index in [2.05, 4.69) is 95.4 Å². The van der Waals surface area contributed by atoms with Gasteiger partial charge in [-0.2, -0.15) is 0 Å². The average molecular weight is 595 g/mol. The molecule has 0 radical (unpaired) electrons. The molecule has 0 aliphatic carbocycles. The lowest BCUT2D eigenvalue weighted by atomic mass is 10.0.